The fourth-order valence-electron chi connectivity index (χ4n) is 3.44. The van der Waals surface area contributed by atoms with Gasteiger partial charge in [0.1, 0.15) is 10.6 Å². The molecule has 0 amide bonds. The first kappa shape index (κ1) is 22.0. The molecule has 0 N–H and O–H groups in total. The Labute approximate surface area is 176 Å². The zero-order valence-electron chi connectivity index (χ0n) is 17.2. The smallest absolute Gasteiger partial charge is 0.270 e. The SMILES string of the molecule is COc1ccc(C)cc1CN(C)c1ccc([N+](=O)[O-])cc1S(=O)(=O)N1CCOCC1. The highest BCUT2D eigenvalue weighted by Gasteiger charge is 2.31. The van der Waals surface area contributed by atoms with Gasteiger partial charge in [-0.05, 0) is 19.1 Å². The molecule has 1 aliphatic heterocycles. The molecule has 2 aromatic rings. The first-order chi connectivity index (χ1) is 14.2. The van der Waals surface area contributed by atoms with Gasteiger partial charge in [-0.2, -0.15) is 4.31 Å². The van der Waals surface area contributed by atoms with Gasteiger partial charge >= 0.3 is 0 Å². The lowest BCUT2D eigenvalue weighted by Crippen LogP contribution is -2.41. The van der Waals surface area contributed by atoms with Crippen LogP contribution in [-0.2, 0) is 21.3 Å². The average Bonchev–Trinajstić information content (AvgIpc) is 2.74. The van der Waals surface area contributed by atoms with Gasteiger partial charge in [-0.3, -0.25) is 10.1 Å². The van der Waals surface area contributed by atoms with E-state index >= 15 is 0 Å². The Morgan fingerprint density at radius 2 is 1.90 bits per heavy atom. The number of nitro groups is 1. The van der Waals surface area contributed by atoms with Crippen molar-refractivity contribution in [2.24, 2.45) is 0 Å². The number of morpholine rings is 1. The standard InChI is InChI=1S/C20H25N3O6S/c1-15-4-7-19(28-3)16(12-15)14-21(2)18-6-5-17(23(24)25)13-20(18)30(26,27)22-8-10-29-11-9-22/h4-7,12-13H,8-11,14H2,1-3H3. The Bertz CT molecular complexity index is 1030. The van der Waals surface area contributed by atoms with Gasteiger partial charge in [-0.25, -0.2) is 8.42 Å². The van der Waals surface area contributed by atoms with Crippen molar-refractivity contribution in [3.8, 4) is 5.75 Å². The number of hydrogen-bond acceptors (Lipinski definition) is 7. The van der Waals surface area contributed by atoms with Crippen molar-refractivity contribution in [3.63, 3.8) is 0 Å². The zero-order valence-corrected chi connectivity index (χ0v) is 18.0. The molecule has 0 saturated carbocycles. The predicted octanol–water partition coefficient (Wildman–Crippen LogP) is 2.57. The summed E-state index contributed by atoms with van der Waals surface area (Å²) in [6.45, 7) is 3.33. The van der Waals surface area contributed by atoms with Gasteiger partial charge in [0, 0.05) is 44.4 Å². The molecule has 3 rings (SSSR count). The number of rotatable bonds is 7. The van der Waals surface area contributed by atoms with Gasteiger partial charge in [0.25, 0.3) is 5.69 Å². The van der Waals surface area contributed by atoms with E-state index < -0.39 is 14.9 Å². The number of non-ortho nitro benzene ring substituents is 1. The summed E-state index contributed by atoms with van der Waals surface area (Å²) in [5.41, 5.74) is 2.04. The lowest BCUT2D eigenvalue weighted by Gasteiger charge is -2.29. The second-order valence-electron chi connectivity index (χ2n) is 7.10. The topological polar surface area (TPSA) is 102 Å². The van der Waals surface area contributed by atoms with Crippen LogP contribution in [0, 0.1) is 17.0 Å². The molecular weight excluding hydrogens is 410 g/mol. The molecule has 0 radical (unpaired) electrons. The van der Waals surface area contributed by atoms with Crippen LogP contribution in [0.25, 0.3) is 0 Å². The van der Waals surface area contributed by atoms with E-state index in [-0.39, 0.29) is 23.7 Å². The first-order valence-electron chi connectivity index (χ1n) is 9.45. The molecule has 1 fully saturated rings. The fourth-order valence-corrected chi connectivity index (χ4v) is 5.10. The van der Waals surface area contributed by atoms with Crippen LogP contribution in [0.2, 0.25) is 0 Å². The number of aryl methyl sites for hydroxylation is 1. The molecule has 0 aliphatic carbocycles. The van der Waals surface area contributed by atoms with E-state index in [4.69, 9.17) is 9.47 Å². The maximum absolute atomic E-state index is 13.3. The highest BCUT2D eigenvalue weighted by molar-refractivity contribution is 7.89. The summed E-state index contributed by atoms with van der Waals surface area (Å²) in [6.07, 6.45) is 0. The Hall–Kier alpha value is -2.69. The third-order valence-electron chi connectivity index (χ3n) is 5.00. The van der Waals surface area contributed by atoms with Crippen molar-refractivity contribution >= 4 is 21.4 Å². The minimum atomic E-state index is -3.93. The molecule has 0 spiro atoms. The minimum absolute atomic E-state index is 0.0901. The Morgan fingerprint density at radius 1 is 1.20 bits per heavy atom. The molecule has 1 aliphatic rings. The van der Waals surface area contributed by atoms with E-state index in [1.165, 1.54) is 16.4 Å². The van der Waals surface area contributed by atoms with Crippen LogP contribution in [0.1, 0.15) is 11.1 Å². The van der Waals surface area contributed by atoms with Crippen molar-refractivity contribution in [3.05, 3.63) is 57.6 Å². The fraction of sp³-hybridized carbons (Fsp3) is 0.400. The van der Waals surface area contributed by atoms with Crippen molar-refractivity contribution in [2.45, 2.75) is 18.4 Å². The summed E-state index contributed by atoms with van der Waals surface area (Å²) in [6, 6.07) is 9.69. The van der Waals surface area contributed by atoms with Crippen LogP contribution in [0.3, 0.4) is 0 Å². The van der Waals surface area contributed by atoms with Crippen LogP contribution in [0.4, 0.5) is 11.4 Å². The largest absolute Gasteiger partial charge is 0.496 e. The Balaban J connectivity index is 2.04. The minimum Gasteiger partial charge on any atom is -0.496 e. The molecule has 2 aromatic carbocycles. The number of benzene rings is 2. The number of nitrogens with zero attached hydrogens (tertiary/aromatic N) is 3. The van der Waals surface area contributed by atoms with Crippen molar-refractivity contribution in [1.82, 2.24) is 4.31 Å². The van der Waals surface area contributed by atoms with Crippen LogP contribution in [0.5, 0.6) is 5.75 Å². The molecule has 30 heavy (non-hydrogen) atoms. The number of hydrogen-bond donors (Lipinski definition) is 0. The van der Waals surface area contributed by atoms with E-state index in [2.05, 4.69) is 0 Å². The van der Waals surface area contributed by atoms with E-state index in [0.717, 1.165) is 17.2 Å². The third kappa shape index (κ3) is 4.55. The lowest BCUT2D eigenvalue weighted by atomic mass is 10.1. The van der Waals surface area contributed by atoms with Crippen molar-refractivity contribution < 1.29 is 22.8 Å². The molecule has 0 bridgehead atoms. The summed E-state index contributed by atoms with van der Waals surface area (Å²) >= 11 is 0. The monoisotopic (exact) mass is 435 g/mol. The third-order valence-corrected chi connectivity index (χ3v) is 6.92. The second-order valence-corrected chi connectivity index (χ2v) is 9.00. The van der Waals surface area contributed by atoms with Gasteiger partial charge in [0.2, 0.25) is 10.0 Å². The molecule has 1 heterocycles. The average molecular weight is 436 g/mol. The summed E-state index contributed by atoms with van der Waals surface area (Å²) < 4.78 is 38.6. The molecule has 162 valence electrons. The molecule has 1 saturated heterocycles. The Kier molecular flexibility index (Phi) is 6.59. The highest BCUT2D eigenvalue weighted by atomic mass is 32.2. The van der Waals surface area contributed by atoms with E-state index in [1.54, 1.807) is 19.1 Å². The van der Waals surface area contributed by atoms with Crippen LogP contribution >= 0.6 is 0 Å². The highest BCUT2D eigenvalue weighted by Crippen LogP contribution is 2.33. The second kappa shape index (κ2) is 8.99. The quantitative estimate of drug-likeness (QED) is 0.486. The molecule has 0 atom stereocenters. The van der Waals surface area contributed by atoms with E-state index in [0.29, 0.717) is 31.2 Å². The van der Waals surface area contributed by atoms with Crippen LogP contribution < -0.4 is 9.64 Å². The molecule has 0 aromatic heterocycles. The van der Waals surface area contributed by atoms with Crippen LogP contribution in [-0.4, -0.2) is 58.1 Å². The number of nitro benzene ring substituents is 1. The summed E-state index contributed by atoms with van der Waals surface area (Å²) in [5.74, 6) is 0.687. The molecule has 9 nitrogen and oxygen atoms in total. The number of anilines is 1. The van der Waals surface area contributed by atoms with Crippen LogP contribution in [0.15, 0.2) is 41.3 Å². The summed E-state index contributed by atoms with van der Waals surface area (Å²) in [7, 11) is -0.605. The van der Waals surface area contributed by atoms with Crippen molar-refractivity contribution in [2.75, 3.05) is 45.4 Å². The normalized spacial score (nSPS) is 15.0. The van der Waals surface area contributed by atoms with Gasteiger partial charge in [-0.1, -0.05) is 17.7 Å². The predicted molar refractivity (Wildman–Crippen MR) is 113 cm³/mol. The zero-order chi connectivity index (χ0) is 21.9. The van der Waals surface area contributed by atoms with Gasteiger partial charge < -0.3 is 14.4 Å². The summed E-state index contributed by atoms with van der Waals surface area (Å²) in [5, 5.41) is 11.3. The van der Waals surface area contributed by atoms with Gasteiger partial charge in [0.15, 0.2) is 0 Å². The molecule has 10 heteroatoms. The maximum atomic E-state index is 13.3. The molecular formula is C20H25N3O6S. The van der Waals surface area contributed by atoms with Gasteiger partial charge in [-0.15, -0.1) is 0 Å². The first-order valence-corrected chi connectivity index (χ1v) is 10.9. The van der Waals surface area contributed by atoms with E-state index in [9.17, 15) is 18.5 Å². The maximum Gasteiger partial charge on any atom is 0.270 e. The number of ether oxygens (including phenoxy) is 2. The van der Waals surface area contributed by atoms with E-state index in [1.807, 2.05) is 25.1 Å². The van der Waals surface area contributed by atoms with Gasteiger partial charge in [0.05, 0.1) is 30.9 Å². The van der Waals surface area contributed by atoms with Crippen molar-refractivity contribution in [1.29, 1.82) is 0 Å². The number of sulfonamides is 1. The number of methoxy groups -OCH3 is 1. The Morgan fingerprint density at radius 3 is 2.53 bits per heavy atom. The summed E-state index contributed by atoms with van der Waals surface area (Å²) in [4.78, 5) is 12.4. The molecule has 0 unspecified atom stereocenters. The lowest BCUT2D eigenvalue weighted by molar-refractivity contribution is -0.385.